The van der Waals surface area contributed by atoms with E-state index in [1.165, 1.54) is 0 Å². The van der Waals surface area contributed by atoms with Gasteiger partial charge in [-0.15, -0.1) is 0 Å². The van der Waals surface area contributed by atoms with Crippen LogP contribution in [-0.2, 0) is 10.3 Å². The van der Waals surface area contributed by atoms with Gasteiger partial charge >= 0.3 is 0 Å². The highest BCUT2D eigenvalue weighted by Gasteiger charge is 2.29. The smallest absolute Gasteiger partial charge is 0.151 e. The molecule has 0 saturated heterocycles. The number of aldehydes is 1. The summed E-state index contributed by atoms with van der Waals surface area (Å²) < 4.78 is 0. The van der Waals surface area contributed by atoms with E-state index >= 15 is 0 Å². The first-order chi connectivity index (χ1) is 5.54. The van der Waals surface area contributed by atoms with Crippen molar-refractivity contribution in [3.8, 4) is 0 Å². The van der Waals surface area contributed by atoms with Crippen LogP contribution in [-0.4, -0.2) is 62.8 Å². The van der Waals surface area contributed by atoms with Crippen molar-refractivity contribution in [3.63, 3.8) is 0 Å². The van der Waals surface area contributed by atoms with Gasteiger partial charge in [0.25, 0.3) is 0 Å². The van der Waals surface area contributed by atoms with Gasteiger partial charge in [0, 0.05) is 5.48 Å². The molecule has 0 aliphatic carbocycles. The van der Waals surface area contributed by atoms with Crippen LogP contribution in [0.1, 0.15) is 0 Å². The third-order valence-electron chi connectivity index (χ3n) is 1.42. The van der Waals surface area contributed by atoms with Crippen LogP contribution in [0.5, 0.6) is 0 Å². The first-order valence-corrected chi connectivity index (χ1v) is 3.33. The average molecular weight is 196 g/mol. The summed E-state index contributed by atoms with van der Waals surface area (Å²) in [6.45, 7) is -0.760. The fourth-order valence-electron chi connectivity index (χ4n) is 0.618. The van der Waals surface area contributed by atoms with Gasteiger partial charge in [-0.3, -0.25) is 0 Å². The summed E-state index contributed by atoms with van der Waals surface area (Å²) in [5.41, 5.74) is 0. The summed E-state index contributed by atoms with van der Waals surface area (Å²) in [6.07, 6.45) is -6.84. The first-order valence-electron chi connectivity index (χ1n) is 3.33. The molecular weight excluding hydrogens is 184 g/mol. The highest BCUT2D eigenvalue weighted by molar-refractivity contribution is 5.56. The minimum absolute atomic E-state index is 0. The molecule has 0 bridgehead atoms. The van der Waals surface area contributed by atoms with E-state index in [1.807, 2.05) is 0 Å². The van der Waals surface area contributed by atoms with Crippen molar-refractivity contribution in [2.45, 2.75) is 24.4 Å². The molecule has 4 atom stereocenters. The second-order valence-electron chi connectivity index (χ2n) is 2.36. The van der Waals surface area contributed by atoms with Gasteiger partial charge in [0.15, 0.2) is 6.29 Å². The lowest BCUT2D eigenvalue weighted by atomic mass is 10.0. The summed E-state index contributed by atoms with van der Waals surface area (Å²) >= 11 is 0. The van der Waals surface area contributed by atoms with Crippen LogP contribution in [0.25, 0.3) is 0 Å². The predicted molar refractivity (Wildman–Crippen MR) is 37.9 cm³/mol. The Morgan fingerprint density at radius 1 is 1.08 bits per heavy atom. The molecule has 0 spiro atoms. The highest BCUT2D eigenvalue weighted by Crippen LogP contribution is 2.02. The first kappa shape index (κ1) is 14.9. The van der Waals surface area contributed by atoms with E-state index in [0.29, 0.717) is 0 Å². The molecule has 0 fully saturated rings. The van der Waals surface area contributed by atoms with Crippen molar-refractivity contribution in [1.29, 1.82) is 0 Å². The maximum atomic E-state index is 9.90. The molecule has 0 aliphatic heterocycles. The second kappa shape index (κ2) is 6.89. The summed E-state index contributed by atoms with van der Waals surface area (Å²) in [5, 5.41) is 43.5. The summed E-state index contributed by atoms with van der Waals surface area (Å²) in [4.78, 5) is 9.90. The Kier molecular flexibility index (Phi) is 7.92. The zero-order chi connectivity index (χ0) is 9.72. The Labute approximate surface area is 74.2 Å². The summed E-state index contributed by atoms with van der Waals surface area (Å²) in [5.74, 6) is 0. The minimum Gasteiger partial charge on any atom is -0.394 e. The molecule has 5 N–H and O–H groups in total. The molecule has 0 heterocycles. The van der Waals surface area contributed by atoms with Gasteiger partial charge in [-0.2, -0.15) is 0 Å². The number of rotatable bonds is 5. The van der Waals surface area contributed by atoms with E-state index < -0.39 is 31.0 Å². The van der Waals surface area contributed by atoms with Crippen molar-refractivity contribution in [1.82, 2.24) is 0 Å². The van der Waals surface area contributed by atoms with Crippen molar-refractivity contribution in [3.05, 3.63) is 0 Å². The minimum atomic E-state index is -1.79. The Balaban J connectivity index is 0. The van der Waals surface area contributed by atoms with Crippen molar-refractivity contribution in [2.75, 3.05) is 6.61 Å². The standard InChI is InChI=1S/C6H12O6.O/c7-1-3(9)5(11)6(12)4(10)2-8;/h1,3-6,8-12H,2H2;/t3-,4+,5+,6-;/m0./s1. The van der Waals surface area contributed by atoms with Crippen molar-refractivity contribution < 1.29 is 35.8 Å². The largest absolute Gasteiger partial charge is 0.394 e. The van der Waals surface area contributed by atoms with Gasteiger partial charge in [0.2, 0.25) is 0 Å². The van der Waals surface area contributed by atoms with Crippen LogP contribution in [0.15, 0.2) is 0 Å². The SMILES string of the molecule is O=C[C@H](O)[C@@H](O)[C@@H](O)[C@H](O)CO.[O]. The molecule has 0 aliphatic rings. The molecule has 7 nitrogen and oxygen atoms in total. The number of aliphatic hydroxyl groups excluding tert-OH is 5. The fraction of sp³-hybridized carbons (Fsp3) is 0.833. The molecule has 0 aromatic heterocycles. The van der Waals surface area contributed by atoms with Crippen LogP contribution >= 0.6 is 0 Å². The summed E-state index contributed by atoms with van der Waals surface area (Å²) in [6, 6.07) is 0. The Bertz CT molecular complexity index is 139. The van der Waals surface area contributed by atoms with Gasteiger partial charge in [-0.1, -0.05) is 0 Å². The molecule has 0 aromatic carbocycles. The van der Waals surface area contributed by atoms with E-state index in [2.05, 4.69) is 0 Å². The lowest BCUT2D eigenvalue weighted by Crippen LogP contribution is -2.46. The van der Waals surface area contributed by atoms with E-state index in [1.54, 1.807) is 0 Å². The van der Waals surface area contributed by atoms with Gasteiger partial charge in [0.05, 0.1) is 6.61 Å². The molecule has 0 amide bonds. The molecule has 2 radical (unpaired) electrons. The lowest BCUT2D eigenvalue weighted by Gasteiger charge is -2.22. The van der Waals surface area contributed by atoms with E-state index in [9.17, 15) is 4.79 Å². The Hall–Kier alpha value is -0.570. The van der Waals surface area contributed by atoms with Crippen LogP contribution < -0.4 is 0 Å². The monoisotopic (exact) mass is 196 g/mol. The molecule has 0 aromatic rings. The zero-order valence-electron chi connectivity index (χ0n) is 6.65. The van der Waals surface area contributed by atoms with Crippen molar-refractivity contribution >= 4 is 6.29 Å². The molecule has 0 unspecified atom stereocenters. The van der Waals surface area contributed by atoms with Crippen molar-refractivity contribution in [2.24, 2.45) is 0 Å². The number of carbonyl (C=O) groups excluding carboxylic acids is 1. The fourth-order valence-corrected chi connectivity index (χ4v) is 0.618. The van der Waals surface area contributed by atoms with E-state index in [4.69, 9.17) is 25.5 Å². The molecule has 78 valence electrons. The number of hydrogen-bond acceptors (Lipinski definition) is 6. The predicted octanol–water partition coefficient (Wildman–Crippen LogP) is -3.50. The second-order valence-corrected chi connectivity index (χ2v) is 2.36. The Morgan fingerprint density at radius 3 is 1.85 bits per heavy atom. The molecule has 13 heavy (non-hydrogen) atoms. The van der Waals surface area contributed by atoms with Gasteiger partial charge in [-0.25, -0.2) is 0 Å². The maximum absolute atomic E-state index is 9.90. The third-order valence-corrected chi connectivity index (χ3v) is 1.42. The average Bonchev–Trinajstić information content (AvgIpc) is 2.12. The summed E-state index contributed by atoms with van der Waals surface area (Å²) in [7, 11) is 0. The molecule has 7 heteroatoms. The molecule has 0 rings (SSSR count). The maximum Gasteiger partial charge on any atom is 0.151 e. The van der Waals surface area contributed by atoms with E-state index in [-0.39, 0.29) is 11.8 Å². The topological polar surface area (TPSA) is 147 Å². The molecular formula is C6H12O7. The number of carbonyl (C=O) groups is 1. The Morgan fingerprint density at radius 2 is 1.54 bits per heavy atom. The normalized spacial score (nSPS) is 19.5. The zero-order valence-corrected chi connectivity index (χ0v) is 6.65. The quantitative estimate of drug-likeness (QED) is 0.288. The van der Waals surface area contributed by atoms with E-state index in [0.717, 1.165) is 0 Å². The van der Waals surface area contributed by atoms with Crippen LogP contribution in [0, 0.1) is 0 Å². The third kappa shape index (κ3) is 4.27. The lowest BCUT2D eigenvalue weighted by molar-refractivity contribution is -0.136. The van der Waals surface area contributed by atoms with Gasteiger partial charge in [0.1, 0.15) is 24.4 Å². The van der Waals surface area contributed by atoms with Crippen LogP contribution in [0.2, 0.25) is 0 Å². The van der Waals surface area contributed by atoms with Crippen LogP contribution in [0.4, 0.5) is 0 Å². The number of aliphatic hydroxyl groups is 5. The van der Waals surface area contributed by atoms with Gasteiger partial charge < -0.3 is 30.3 Å². The van der Waals surface area contributed by atoms with Crippen LogP contribution in [0.3, 0.4) is 0 Å². The highest BCUT2D eigenvalue weighted by atomic mass is 16.4. The number of hydrogen-bond donors (Lipinski definition) is 5. The van der Waals surface area contributed by atoms with Gasteiger partial charge in [-0.05, 0) is 0 Å². The molecule has 0 saturated carbocycles.